The van der Waals surface area contributed by atoms with Gasteiger partial charge in [0.2, 0.25) is 0 Å². The molecule has 7 heteroatoms. The van der Waals surface area contributed by atoms with E-state index in [-0.39, 0.29) is 29.9 Å². The van der Waals surface area contributed by atoms with Gasteiger partial charge in [-0.3, -0.25) is 0 Å². The average molecular weight is 1090 g/mol. The number of para-hydroxylation sites is 3. The van der Waals surface area contributed by atoms with Crippen molar-refractivity contribution in [2.75, 3.05) is 19.4 Å². The summed E-state index contributed by atoms with van der Waals surface area (Å²) in [6.07, 6.45) is 0. The number of hydrogen-bond acceptors (Lipinski definition) is 5. The van der Waals surface area contributed by atoms with Gasteiger partial charge in [0.25, 0.3) is 6.71 Å². The molecule has 0 saturated heterocycles. The maximum atomic E-state index is 6.46. The predicted molar refractivity (Wildman–Crippen MR) is 362 cm³/mol. The zero-order chi connectivity index (χ0) is 58.5. The zero-order valence-corrected chi connectivity index (χ0v) is 51.3. The first-order chi connectivity index (χ1) is 40.1. The summed E-state index contributed by atoms with van der Waals surface area (Å²) in [5, 5.41) is 2.28. The van der Waals surface area contributed by atoms with E-state index in [1.54, 1.807) is 0 Å². The van der Waals surface area contributed by atoms with Crippen LogP contribution in [-0.2, 0) is 16.2 Å². The fraction of sp³-hybridized carbons (Fsp3) is 0.221. The van der Waals surface area contributed by atoms with Crippen molar-refractivity contribution in [1.82, 2.24) is 0 Å². The monoisotopic (exact) mass is 1090 g/mol. The summed E-state index contributed by atoms with van der Waals surface area (Å²) in [4.78, 5) is 10.5. The Kier molecular flexibility index (Phi) is 12.2. The molecule has 5 nitrogen and oxygen atoms in total. The minimum atomic E-state index is -0.194. The van der Waals surface area contributed by atoms with Gasteiger partial charge in [0.15, 0.2) is 0 Å². The lowest BCUT2D eigenvalue weighted by Gasteiger charge is -2.45. The highest BCUT2D eigenvalue weighted by Gasteiger charge is 2.50. The molecule has 0 fully saturated rings. The number of nitrogens with zero attached hydrogens (tertiary/aromatic N) is 4. The summed E-state index contributed by atoms with van der Waals surface area (Å²) in [6.45, 7) is 32.2. The second kappa shape index (κ2) is 19.2. The third kappa shape index (κ3) is 8.51. The topological polar surface area (TPSA) is 26.1 Å². The molecule has 0 unspecified atom stereocenters. The third-order valence-electron chi connectivity index (χ3n) is 18.4. The van der Waals surface area contributed by atoms with Crippen LogP contribution in [0.15, 0.2) is 199 Å². The molecule has 414 valence electrons. The fourth-order valence-corrected chi connectivity index (χ4v) is 14.2. The first-order valence-electron chi connectivity index (χ1n) is 30.1. The fourth-order valence-electron chi connectivity index (χ4n) is 14.2. The Morgan fingerprint density at radius 2 is 0.881 bits per heavy atom. The smallest absolute Gasteiger partial charge is 0.421 e. The highest BCUT2D eigenvalue weighted by molar-refractivity contribution is 7.00. The van der Waals surface area contributed by atoms with Crippen LogP contribution < -0.4 is 41.3 Å². The van der Waals surface area contributed by atoms with Crippen LogP contribution in [0.3, 0.4) is 0 Å². The molecule has 0 spiro atoms. The lowest BCUT2D eigenvalue weighted by atomic mass is 9.33. The molecule has 3 aliphatic rings. The van der Waals surface area contributed by atoms with Crippen molar-refractivity contribution in [2.24, 2.45) is 0 Å². The molecule has 14 rings (SSSR count). The molecule has 0 aliphatic carbocycles. The normalized spacial score (nSPS) is 13.9. The Hall–Kier alpha value is -8.67. The van der Waals surface area contributed by atoms with Crippen LogP contribution in [0, 0.1) is 34.6 Å². The molecule has 0 bridgehead atoms. The van der Waals surface area contributed by atoms with Crippen molar-refractivity contribution >= 4 is 114 Å². The van der Waals surface area contributed by atoms with Gasteiger partial charge in [0, 0.05) is 50.6 Å². The summed E-state index contributed by atoms with van der Waals surface area (Å²) in [5.74, 6) is 0. The van der Waals surface area contributed by atoms with Gasteiger partial charge in [-0.25, -0.2) is 0 Å². The molecule has 1 aromatic heterocycles. The Morgan fingerprint density at radius 3 is 1.49 bits per heavy atom. The maximum absolute atomic E-state index is 6.46. The van der Waals surface area contributed by atoms with Gasteiger partial charge in [-0.2, -0.15) is 0 Å². The molecular formula is C77H74B2N4O. The molecule has 0 saturated carbocycles. The summed E-state index contributed by atoms with van der Waals surface area (Å²) in [7, 11) is 0. The van der Waals surface area contributed by atoms with Crippen LogP contribution >= 0.6 is 0 Å². The first kappa shape index (κ1) is 53.3. The number of benzene rings is 10. The van der Waals surface area contributed by atoms with Crippen molar-refractivity contribution in [3.63, 3.8) is 0 Å². The number of aryl methyl sites for hydroxylation is 5. The number of anilines is 10. The van der Waals surface area contributed by atoms with E-state index in [0.717, 1.165) is 44.6 Å². The van der Waals surface area contributed by atoms with E-state index in [9.17, 15) is 0 Å². The SMILES string of the molecule is Cc1cc2c3c(c1)N(c1c(C)cc(-c4ccc5c(c4)oc4ccccc45)cc1C)c1cc(C(C)(C)C)ccc1B3c1cc3c(cc1N2c1ccc(C(C)(C)C)cc1)N(c1ccccc1)B(c1c(C)cc(C(C)(C)C)cc1C)N3c1ccccc1. The average Bonchev–Trinajstić information content (AvgIpc) is 1.18. The summed E-state index contributed by atoms with van der Waals surface area (Å²) < 4.78 is 6.46. The van der Waals surface area contributed by atoms with Crippen molar-refractivity contribution in [1.29, 1.82) is 0 Å². The molecule has 11 aromatic rings. The molecule has 84 heavy (non-hydrogen) atoms. The van der Waals surface area contributed by atoms with Gasteiger partial charge >= 0.3 is 6.98 Å². The molecule has 0 radical (unpaired) electrons. The number of rotatable bonds is 6. The van der Waals surface area contributed by atoms with E-state index < -0.39 is 0 Å². The van der Waals surface area contributed by atoms with E-state index in [1.807, 2.05) is 6.07 Å². The molecule has 0 atom stereocenters. The number of fused-ring (bicyclic) bond motifs is 8. The van der Waals surface area contributed by atoms with E-state index in [4.69, 9.17) is 4.42 Å². The summed E-state index contributed by atoms with van der Waals surface area (Å²) in [6, 6.07) is 73.9. The van der Waals surface area contributed by atoms with Gasteiger partial charge in [-0.1, -0.05) is 171 Å². The van der Waals surface area contributed by atoms with Crippen LogP contribution in [-0.4, -0.2) is 13.7 Å². The van der Waals surface area contributed by atoms with Gasteiger partial charge in [0.1, 0.15) is 11.2 Å². The molecule has 0 amide bonds. The van der Waals surface area contributed by atoms with Gasteiger partial charge in [-0.05, 0) is 214 Å². The van der Waals surface area contributed by atoms with Crippen LogP contribution in [0.25, 0.3) is 33.1 Å². The van der Waals surface area contributed by atoms with Crippen LogP contribution in [0.1, 0.15) is 107 Å². The highest BCUT2D eigenvalue weighted by Crippen LogP contribution is 2.53. The Labute approximate surface area is 498 Å². The first-order valence-corrected chi connectivity index (χ1v) is 30.1. The van der Waals surface area contributed by atoms with E-state index in [1.165, 1.54) is 112 Å². The minimum absolute atomic E-state index is 0.00259. The lowest BCUT2D eigenvalue weighted by Crippen LogP contribution is -2.61. The van der Waals surface area contributed by atoms with Gasteiger partial charge in [-0.15, -0.1) is 0 Å². The number of hydrogen-bond donors (Lipinski definition) is 0. The van der Waals surface area contributed by atoms with Gasteiger partial charge in [0.05, 0.1) is 17.1 Å². The zero-order valence-electron chi connectivity index (χ0n) is 51.3. The van der Waals surface area contributed by atoms with E-state index in [2.05, 4.69) is 304 Å². The highest BCUT2D eigenvalue weighted by atomic mass is 16.3. The second-order valence-corrected chi connectivity index (χ2v) is 27.4. The van der Waals surface area contributed by atoms with Crippen molar-refractivity contribution in [3.8, 4) is 11.1 Å². The molecular weight excluding hydrogens is 1020 g/mol. The van der Waals surface area contributed by atoms with Crippen LogP contribution in [0.5, 0.6) is 0 Å². The number of furan rings is 1. The van der Waals surface area contributed by atoms with Crippen molar-refractivity contribution in [2.45, 2.75) is 113 Å². The standard InChI is InChI=1S/C77H74B2N4O/c1-47-37-68-73-69(38-47)81(74-50(4)39-53(40-51(74)5)52-29-35-61-60-27-21-22-28-70(60)84-71(61)43-52)64-44-55(76(9,10)11)32-36-62(64)78(73)63-45-66-67(46-65(63)80(68)57-33-30-54(31-34-57)75(6,7)8)83(59-25-19-16-20-26-59)79(82(66)58-23-17-15-18-24-58)72-48(2)41-56(42-49(72)3)77(12,13)14/h15-46H,1-14H3. The minimum Gasteiger partial charge on any atom is -0.456 e. The Bertz CT molecular complexity index is 4420. The second-order valence-electron chi connectivity index (χ2n) is 27.4. The quantitative estimate of drug-likeness (QED) is 0.155. The summed E-state index contributed by atoms with van der Waals surface area (Å²) >= 11 is 0. The maximum Gasteiger partial charge on any atom is 0.421 e. The Balaban J connectivity index is 1.04. The van der Waals surface area contributed by atoms with Crippen molar-refractivity contribution < 1.29 is 4.42 Å². The Morgan fingerprint density at radius 1 is 0.345 bits per heavy atom. The van der Waals surface area contributed by atoms with Crippen LogP contribution in [0.4, 0.5) is 56.9 Å². The van der Waals surface area contributed by atoms with Gasteiger partial charge < -0.3 is 23.8 Å². The molecule has 10 aromatic carbocycles. The third-order valence-corrected chi connectivity index (χ3v) is 18.4. The largest absolute Gasteiger partial charge is 0.456 e. The molecule has 3 aliphatic heterocycles. The molecule has 4 heterocycles. The predicted octanol–water partition coefficient (Wildman–Crippen LogP) is 18.5. The molecule has 0 N–H and O–H groups in total. The lowest BCUT2D eigenvalue weighted by molar-refractivity contribution is 0.589. The van der Waals surface area contributed by atoms with Crippen molar-refractivity contribution in [3.05, 3.63) is 239 Å². The van der Waals surface area contributed by atoms with E-state index >= 15 is 0 Å². The van der Waals surface area contributed by atoms with E-state index in [0.29, 0.717) is 0 Å². The van der Waals surface area contributed by atoms with Crippen LogP contribution in [0.2, 0.25) is 0 Å². The summed E-state index contributed by atoms with van der Waals surface area (Å²) in [5.41, 5.74) is 31.3.